The number of thiocarbonyl (C=S) groups is 1. The molecule has 2 N–H and O–H groups in total. The van der Waals surface area contributed by atoms with Crippen LogP contribution < -0.4 is 10.1 Å². The maximum absolute atomic E-state index is 12.7. The lowest BCUT2D eigenvalue weighted by Crippen LogP contribution is -2.42. The van der Waals surface area contributed by atoms with Gasteiger partial charge in [-0.1, -0.05) is 18.3 Å². The van der Waals surface area contributed by atoms with Crippen molar-refractivity contribution >= 4 is 40.9 Å². The summed E-state index contributed by atoms with van der Waals surface area (Å²) in [5.74, 6) is 0.409. The second kappa shape index (κ2) is 12.0. The third-order valence-electron chi connectivity index (χ3n) is 4.54. The van der Waals surface area contributed by atoms with E-state index in [9.17, 15) is 14.7 Å². The summed E-state index contributed by atoms with van der Waals surface area (Å²) in [5, 5.41) is 12.3. The molecule has 0 spiro atoms. The fourth-order valence-corrected chi connectivity index (χ4v) is 4.39. The minimum Gasteiger partial charge on any atom is -0.467 e. The minimum absolute atomic E-state index is 0.320. The number of nitrogens with one attached hydrogen (secondary N) is 1. The van der Waals surface area contributed by atoms with E-state index in [-0.39, 0.29) is 5.97 Å². The predicted molar refractivity (Wildman–Crippen MR) is 115 cm³/mol. The molecule has 0 fully saturated rings. The van der Waals surface area contributed by atoms with Crippen LogP contribution in [0.2, 0.25) is 0 Å². The van der Waals surface area contributed by atoms with Gasteiger partial charge >= 0.3 is 11.9 Å². The van der Waals surface area contributed by atoms with E-state index in [1.807, 2.05) is 6.92 Å². The van der Waals surface area contributed by atoms with Crippen LogP contribution in [-0.2, 0) is 20.0 Å². The topological polar surface area (TPSA) is 94.1 Å². The first-order valence-electron chi connectivity index (χ1n) is 9.46. The highest BCUT2D eigenvalue weighted by molar-refractivity contribution is 7.98. The quantitative estimate of drug-likeness (QED) is 0.417. The molecule has 0 bridgehead atoms. The standard InChI is InChI=1S/C20H27NO6S2/c1-13-7-8-16(27-12-22)14-10-29-11-15(19(23)25-2)21-17(28)6-4-3-5-9-26-20(24)18(13)14/h7-8,15,22H,3-6,9-12H2,1-2H3,(H,21,28)/t15-/m0/s1. The SMILES string of the molecule is COC(=O)[C@@H]1CSCc2c(OCO)ccc(C)c2C(=O)OCCCCCC(=S)N1. The smallest absolute Gasteiger partial charge is 0.338 e. The molecular formula is C20H27NO6S2. The molecule has 1 aromatic carbocycles. The summed E-state index contributed by atoms with van der Waals surface area (Å²) in [4.78, 5) is 25.5. The van der Waals surface area contributed by atoms with E-state index >= 15 is 0 Å². The third-order valence-corrected chi connectivity index (χ3v) is 5.92. The first kappa shape index (κ1) is 23.4. The summed E-state index contributed by atoms with van der Waals surface area (Å²) < 4.78 is 15.7. The van der Waals surface area contributed by atoms with Crippen molar-refractivity contribution in [1.29, 1.82) is 0 Å². The summed E-state index contributed by atoms with van der Waals surface area (Å²) >= 11 is 6.80. The minimum atomic E-state index is -0.579. The summed E-state index contributed by atoms with van der Waals surface area (Å²) in [6.45, 7) is 1.65. The van der Waals surface area contributed by atoms with E-state index < -0.39 is 18.8 Å². The van der Waals surface area contributed by atoms with Crippen molar-refractivity contribution in [2.45, 2.75) is 44.4 Å². The van der Waals surface area contributed by atoms with Gasteiger partial charge in [-0.05, 0) is 44.2 Å². The van der Waals surface area contributed by atoms with E-state index in [2.05, 4.69) is 5.32 Å². The van der Waals surface area contributed by atoms with Gasteiger partial charge in [0.15, 0.2) is 6.79 Å². The van der Waals surface area contributed by atoms with Gasteiger partial charge in [-0.2, -0.15) is 11.8 Å². The van der Waals surface area contributed by atoms with Gasteiger partial charge in [-0.15, -0.1) is 0 Å². The molecule has 0 unspecified atom stereocenters. The van der Waals surface area contributed by atoms with Crippen LogP contribution in [0.25, 0.3) is 0 Å². The molecule has 160 valence electrons. The van der Waals surface area contributed by atoms with Crippen LogP contribution >= 0.6 is 24.0 Å². The largest absolute Gasteiger partial charge is 0.467 e. The number of hydrogen-bond donors (Lipinski definition) is 2. The van der Waals surface area contributed by atoms with Crippen molar-refractivity contribution in [3.8, 4) is 5.75 Å². The zero-order valence-corrected chi connectivity index (χ0v) is 18.3. The number of methoxy groups -OCH3 is 1. The number of rotatable bonds is 3. The van der Waals surface area contributed by atoms with Gasteiger partial charge in [-0.25, -0.2) is 9.59 Å². The molecule has 1 aliphatic rings. The Hall–Kier alpha value is -1.84. The van der Waals surface area contributed by atoms with E-state index in [1.165, 1.54) is 18.9 Å². The Morgan fingerprint density at radius 2 is 2.17 bits per heavy atom. The third kappa shape index (κ3) is 6.87. The molecule has 1 heterocycles. The molecule has 1 aromatic rings. The lowest BCUT2D eigenvalue weighted by Gasteiger charge is -2.19. The van der Waals surface area contributed by atoms with Crippen molar-refractivity contribution in [3.63, 3.8) is 0 Å². The molecule has 1 atom stereocenters. The number of esters is 2. The number of carbonyl (C=O) groups excluding carboxylic acids is 2. The predicted octanol–water partition coefficient (Wildman–Crippen LogP) is 2.75. The highest BCUT2D eigenvalue weighted by atomic mass is 32.2. The average Bonchev–Trinajstić information content (AvgIpc) is 2.70. The maximum atomic E-state index is 12.7. The van der Waals surface area contributed by atoms with E-state index in [4.69, 9.17) is 26.4 Å². The lowest BCUT2D eigenvalue weighted by atomic mass is 10.0. The van der Waals surface area contributed by atoms with Crippen molar-refractivity contribution < 1.29 is 28.9 Å². The van der Waals surface area contributed by atoms with Crippen LogP contribution in [0.15, 0.2) is 12.1 Å². The van der Waals surface area contributed by atoms with Crippen molar-refractivity contribution in [2.75, 3.05) is 26.3 Å². The molecule has 1 aliphatic heterocycles. The molecule has 0 saturated heterocycles. The van der Waals surface area contributed by atoms with Gasteiger partial charge < -0.3 is 24.6 Å². The van der Waals surface area contributed by atoms with Crippen LogP contribution in [-0.4, -0.2) is 54.3 Å². The lowest BCUT2D eigenvalue weighted by molar-refractivity contribution is -0.142. The first-order valence-corrected chi connectivity index (χ1v) is 11.0. The number of fused-ring (bicyclic) bond motifs is 1. The van der Waals surface area contributed by atoms with Crippen molar-refractivity contribution in [2.24, 2.45) is 0 Å². The van der Waals surface area contributed by atoms with Crippen LogP contribution in [0.5, 0.6) is 5.75 Å². The van der Waals surface area contributed by atoms with Crippen molar-refractivity contribution in [3.05, 3.63) is 28.8 Å². The number of benzene rings is 1. The number of aliphatic hydroxyl groups excluding tert-OH is 1. The van der Waals surface area contributed by atoms with E-state index in [1.54, 1.807) is 12.1 Å². The Bertz CT molecular complexity index is 740. The normalized spacial score (nSPS) is 19.1. The molecule has 0 saturated carbocycles. The Morgan fingerprint density at radius 3 is 2.90 bits per heavy atom. The van der Waals surface area contributed by atoms with Gasteiger partial charge in [0.05, 0.1) is 24.3 Å². The Morgan fingerprint density at radius 1 is 1.38 bits per heavy atom. The molecule has 0 radical (unpaired) electrons. The van der Waals surface area contributed by atoms with Crippen LogP contribution in [0, 0.1) is 6.92 Å². The van der Waals surface area contributed by atoms with E-state index in [0.29, 0.717) is 46.4 Å². The van der Waals surface area contributed by atoms with Crippen LogP contribution in [0.3, 0.4) is 0 Å². The first-order chi connectivity index (χ1) is 14.0. The Balaban J connectivity index is 2.32. The maximum Gasteiger partial charge on any atom is 0.338 e. The fraction of sp³-hybridized carbons (Fsp3) is 0.550. The molecular weight excluding hydrogens is 414 g/mol. The Kier molecular flexibility index (Phi) is 9.69. The number of hydrogen-bond acceptors (Lipinski definition) is 8. The van der Waals surface area contributed by atoms with Gasteiger partial charge in [0, 0.05) is 17.1 Å². The number of cyclic esters (lactones) is 1. The molecule has 0 aromatic heterocycles. The molecule has 2 rings (SSSR count). The van der Waals surface area contributed by atoms with Gasteiger partial charge in [0.1, 0.15) is 11.8 Å². The molecule has 9 heteroatoms. The number of thioether (sulfide) groups is 1. The number of aryl methyl sites for hydroxylation is 1. The zero-order chi connectivity index (χ0) is 21.2. The van der Waals surface area contributed by atoms with Gasteiger partial charge in [-0.3, -0.25) is 0 Å². The monoisotopic (exact) mass is 441 g/mol. The number of ether oxygens (including phenoxy) is 3. The van der Waals surface area contributed by atoms with Gasteiger partial charge in [0.2, 0.25) is 0 Å². The summed E-state index contributed by atoms with van der Waals surface area (Å²) in [5.41, 5.74) is 1.84. The molecule has 29 heavy (non-hydrogen) atoms. The average molecular weight is 442 g/mol. The summed E-state index contributed by atoms with van der Waals surface area (Å²) in [6, 6.07) is 2.91. The van der Waals surface area contributed by atoms with Crippen LogP contribution in [0.1, 0.15) is 47.2 Å². The van der Waals surface area contributed by atoms with Crippen LogP contribution in [0.4, 0.5) is 0 Å². The highest BCUT2D eigenvalue weighted by Gasteiger charge is 2.24. The van der Waals surface area contributed by atoms with Gasteiger partial charge in [0.25, 0.3) is 0 Å². The second-order valence-electron chi connectivity index (χ2n) is 6.61. The number of aliphatic hydroxyl groups is 1. The zero-order valence-electron chi connectivity index (χ0n) is 16.7. The molecule has 0 aliphatic carbocycles. The van der Waals surface area contributed by atoms with E-state index in [0.717, 1.165) is 24.8 Å². The van der Waals surface area contributed by atoms with Crippen molar-refractivity contribution in [1.82, 2.24) is 5.32 Å². The summed E-state index contributed by atoms with van der Waals surface area (Å²) in [6.07, 6.45) is 3.08. The number of carbonyl (C=O) groups is 2. The highest BCUT2D eigenvalue weighted by Crippen LogP contribution is 2.30. The molecule has 0 amide bonds. The molecule has 7 nitrogen and oxygen atoms in total. The summed E-state index contributed by atoms with van der Waals surface area (Å²) in [7, 11) is 1.34. The fourth-order valence-electron chi connectivity index (χ4n) is 3.04. The second-order valence-corrected chi connectivity index (χ2v) is 8.14. The Labute approximate surface area is 180 Å².